The number of hydrogen-bond acceptors (Lipinski definition) is 3. The summed E-state index contributed by atoms with van der Waals surface area (Å²) in [6.07, 6.45) is 3.66. The van der Waals surface area contributed by atoms with Gasteiger partial charge in [-0.1, -0.05) is 32.9 Å². The van der Waals surface area contributed by atoms with Crippen molar-refractivity contribution < 1.29 is 4.79 Å². The van der Waals surface area contributed by atoms with Crippen LogP contribution in [0.3, 0.4) is 0 Å². The van der Waals surface area contributed by atoms with E-state index >= 15 is 0 Å². The van der Waals surface area contributed by atoms with Crippen LogP contribution in [0.4, 0.5) is 10.5 Å². The van der Waals surface area contributed by atoms with Crippen molar-refractivity contribution in [2.75, 3.05) is 11.9 Å². The normalized spacial score (nSPS) is 13.9. The van der Waals surface area contributed by atoms with E-state index in [1.807, 2.05) is 24.3 Å². The van der Waals surface area contributed by atoms with Crippen molar-refractivity contribution in [3.8, 4) is 0 Å². The van der Waals surface area contributed by atoms with Crippen LogP contribution in [-0.2, 0) is 24.9 Å². The first kappa shape index (κ1) is 19.2. The second kappa shape index (κ2) is 7.98. The highest BCUT2D eigenvalue weighted by atomic mass is 16.2. The lowest BCUT2D eigenvalue weighted by Gasteiger charge is -2.19. The van der Waals surface area contributed by atoms with Crippen LogP contribution in [0.15, 0.2) is 29.1 Å². The number of nitrogens with one attached hydrogen (secondary N) is 2. The lowest BCUT2D eigenvalue weighted by Crippen LogP contribution is -2.31. The quantitative estimate of drug-likeness (QED) is 0.793. The SMILES string of the molecule is CC(C)(C)c1ccc(NC(=O)NCCCn2nc3n(c2=O)CCCC3)cc1. The lowest BCUT2D eigenvalue weighted by atomic mass is 9.87. The number of benzene rings is 1. The van der Waals surface area contributed by atoms with Gasteiger partial charge in [-0.05, 0) is 42.4 Å². The summed E-state index contributed by atoms with van der Waals surface area (Å²) in [5.41, 5.74) is 2.04. The molecular weight excluding hydrogens is 342 g/mol. The van der Waals surface area contributed by atoms with Gasteiger partial charge in [0.05, 0.1) is 0 Å². The molecule has 146 valence electrons. The molecule has 0 unspecified atom stereocenters. The molecule has 0 saturated carbocycles. The van der Waals surface area contributed by atoms with E-state index < -0.39 is 0 Å². The Balaban J connectivity index is 1.44. The summed E-state index contributed by atoms with van der Waals surface area (Å²) in [4.78, 5) is 24.3. The highest BCUT2D eigenvalue weighted by Crippen LogP contribution is 2.23. The number of nitrogens with zero attached hydrogens (tertiary/aromatic N) is 3. The molecule has 7 nitrogen and oxygen atoms in total. The molecule has 0 radical (unpaired) electrons. The third-order valence-corrected chi connectivity index (χ3v) is 4.87. The summed E-state index contributed by atoms with van der Waals surface area (Å²) in [5, 5.41) is 10.1. The molecule has 1 aliphatic heterocycles. The Morgan fingerprint density at radius 2 is 1.93 bits per heavy atom. The van der Waals surface area contributed by atoms with Gasteiger partial charge in [0.1, 0.15) is 5.82 Å². The Labute approximate surface area is 159 Å². The largest absolute Gasteiger partial charge is 0.345 e. The number of carbonyl (C=O) groups is 1. The molecule has 0 spiro atoms. The number of carbonyl (C=O) groups excluding carboxylic acids is 1. The molecule has 0 atom stereocenters. The zero-order valence-corrected chi connectivity index (χ0v) is 16.4. The highest BCUT2D eigenvalue weighted by Gasteiger charge is 2.16. The first-order valence-corrected chi connectivity index (χ1v) is 9.66. The summed E-state index contributed by atoms with van der Waals surface area (Å²) in [6, 6.07) is 7.64. The van der Waals surface area contributed by atoms with Gasteiger partial charge in [0.25, 0.3) is 0 Å². The summed E-state index contributed by atoms with van der Waals surface area (Å²) >= 11 is 0. The average Bonchev–Trinajstić information content (AvgIpc) is 2.95. The molecule has 0 bridgehead atoms. The summed E-state index contributed by atoms with van der Waals surface area (Å²) < 4.78 is 3.29. The van der Waals surface area contributed by atoms with Crippen LogP contribution in [0.25, 0.3) is 0 Å². The number of fused-ring (bicyclic) bond motifs is 1. The second-order valence-corrected chi connectivity index (χ2v) is 8.09. The van der Waals surface area contributed by atoms with Crippen molar-refractivity contribution in [3.05, 3.63) is 46.1 Å². The number of aromatic nitrogens is 3. The molecule has 3 rings (SSSR count). The Morgan fingerprint density at radius 1 is 1.19 bits per heavy atom. The van der Waals surface area contributed by atoms with Gasteiger partial charge in [-0.2, -0.15) is 5.10 Å². The first-order valence-electron chi connectivity index (χ1n) is 9.66. The lowest BCUT2D eigenvalue weighted by molar-refractivity contribution is 0.251. The van der Waals surface area contributed by atoms with Gasteiger partial charge in [-0.15, -0.1) is 0 Å². The molecule has 2 N–H and O–H groups in total. The standard InChI is InChI=1S/C20H29N5O2/c1-20(2,3)15-8-10-16(11-9-15)22-18(26)21-12-6-14-25-19(27)24-13-5-4-7-17(24)23-25/h8-11H,4-7,12-14H2,1-3H3,(H2,21,22,26). The Kier molecular flexibility index (Phi) is 5.68. The maximum Gasteiger partial charge on any atom is 0.345 e. The number of anilines is 1. The fourth-order valence-electron chi connectivity index (χ4n) is 3.25. The van der Waals surface area contributed by atoms with Crippen LogP contribution < -0.4 is 16.3 Å². The number of amides is 2. The van der Waals surface area contributed by atoms with Gasteiger partial charge in [-0.3, -0.25) is 4.57 Å². The van der Waals surface area contributed by atoms with Crippen LogP contribution in [-0.4, -0.2) is 26.9 Å². The third kappa shape index (κ3) is 4.78. The van der Waals surface area contributed by atoms with Crippen LogP contribution in [0.2, 0.25) is 0 Å². The summed E-state index contributed by atoms with van der Waals surface area (Å²) in [5.74, 6) is 0.885. The van der Waals surface area contributed by atoms with Gasteiger partial charge in [0.2, 0.25) is 0 Å². The van der Waals surface area contributed by atoms with Gasteiger partial charge in [0, 0.05) is 31.7 Å². The Bertz CT molecular complexity index is 843. The molecule has 1 aromatic heterocycles. The van der Waals surface area contributed by atoms with E-state index in [0.717, 1.165) is 37.3 Å². The molecule has 1 aliphatic rings. The second-order valence-electron chi connectivity index (χ2n) is 8.09. The van der Waals surface area contributed by atoms with Crippen molar-refractivity contribution in [1.29, 1.82) is 0 Å². The molecule has 7 heteroatoms. The molecule has 2 aromatic rings. The van der Waals surface area contributed by atoms with Gasteiger partial charge in [-0.25, -0.2) is 14.3 Å². The fourth-order valence-corrected chi connectivity index (χ4v) is 3.25. The van der Waals surface area contributed by atoms with Gasteiger partial charge in [0.15, 0.2) is 0 Å². The minimum atomic E-state index is -0.241. The molecule has 2 heterocycles. The monoisotopic (exact) mass is 371 g/mol. The predicted molar refractivity (Wildman–Crippen MR) is 106 cm³/mol. The van der Waals surface area contributed by atoms with Crippen molar-refractivity contribution in [3.63, 3.8) is 0 Å². The van der Waals surface area contributed by atoms with Crippen molar-refractivity contribution in [1.82, 2.24) is 19.7 Å². The van der Waals surface area contributed by atoms with Crippen molar-refractivity contribution in [2.45, 2.75) is 65.0 Å². The molecule has 0 aliphatic carbocycles. The van der Waals surface area contributed by atoms with Gasteiger partial charge >= 0.3 is 11.7 Å². The van der Waals surface area contributed by atoms with Crippen LogP contribution in [0.1, 0.15) is 51.4 Å². The van der Waals surface area contributed by atoms with E-state index in [1.54, 1.807) is 4.57 Å². The summed E-state index contributed by atoms with van der Waals surface area (Å²) in [6.45, 7) is 8.24. The van der Waals surface area contributed by atoms with E-state index in [1.165, 1.54) is 10.2 Å². The maximum absolute atomic E-state index is 12.2. The fraction of sp³-hybridized carbons (Fsp3) is 0.550. The number of aryl methyl sites for hydroxylation is 2. The molecule has 2 amide bonds. The molecular formula is C20H29N5O2. The van der Waals surface area contributed by atoms with E-state index in [9.17, 15) is 9.59 Å². The Morgan fingerprint density at radius 3 is 2.59 bits per heavy atom. The van der Waals surface area contributed by atoms with Crippen LogP contribution >= 0.6 is 0 Å². The topological polar surface area (TPSA) is 81.0 Å². The van der Waals surface area contributed by atoms with E-state index in [2.05, 4.69) is 36.5 Å². The summed E-state index contributed by atoms with van der Waals surface area (Å²) in [7, 11) is 0. The average molecular weight is 371 g/mol. The minimum absolute atomic E-state index is 0.0342. The van der Waals surface area contributed by atoms with Crippen LogP contribution in [0, 0.1) is 0 Å². The third-order valence-electron chi connectivity index (χ3n) is 4.87. The van der Waals surface area contributed by atoms with E-state index in [-0.39, 0.29) is 17.1 Å². The minimum Gasteiger partial charge on any atom is -0.338 e. The van der Waals surface area contributed by atoms with Gasteiger partial charge < -0.3 is 10.6 Å². The molecule has 1 aromatic carbocycles. The zero-order chi connectivity index (χ0) is 19.4. The van der Waals surface area contributed by atoms with Crippen molar-refractivity contribution >= 4 is 11.7 Å². The molecule has 0 saturated heterocycles. The molecule has 0 fully saturated rings. The van der Waals surface area contributed by atoms with E-state index in [0.29, 0.717) is 19.5 Å². The molecule has 27 heavy (non-hydrogen) atoms. The first-order chi connectivity index (χ1) is 12.8. The van der Waals surface area contributed by atoms with Crippen molar-refractivity contribution in [2.24, 2.45) is 0 Å². The number of hydrogen-bond donors (Lipinski definition) is 2. The van der Waals surface area contributed by atoms with E-state index in [4.69, 9.17) is 0 Å². The Hall–Kier alpha value is -2.57. The van der Waals surface area contributed by atoms with Crippen LogP contribution in [0.5, 0.6) is 0 Å². The smallest absolute Gasteiger partial charge is 0.338 e. The predicted octanol–water partition coefficient (Wildman–Crippen LogP) is 2.89. The number of urea groups is 1. The zero-order valence-electron chi connectivity index (χ0n) is 16.4. The maximum atomic E-state index is 12.2. The highest BCUT2D eigenvalue weighted by molar-refractivity contribution is 5.89. The number of rotatable bonds is 5.